The average molecular weight is 233 g/mol. The van der Waals surface area contributed by atoms with E-state index in [1.54, 1.807) is 25.1 Å². The van der Waals surface area contributed by atoms with Gasteiger partial charge in [0.25, 0.3) is 0 Å². The molecular formula is C9H10BrFO. The van der Waals surface area contributed by atoms with Crippen LogP contribution in [0.1, 0.15) is 17.2 Å². The minimum absolute atomic E-state index is 0.315. The second-order valence-electron chi connectivity index (χ2n) is 2.65. The van der Waals surface area contributed by atoms with E-state index in [-0.39, 0.29) is 5.82 Å². The summed E-state index contributed by atoms with van der Waals surface area (Å²) in [5.41, 5.74) is 0.916. The van der Waals surface area contributed by atoms with Crippen LogP contribution < -0.4 is 0 Å². The van der Waals surface area contributed by atoms with E-state index in [0.717, 1.165) is 0 Å². The van der Waals surface area contributed by atoms with Crippen molar-refractivity contribution in [2.75, 3.05) is 5.33 Å². The molecule has 1 nitrogen and oxygen atoms in total. The van der Waals surface area contributed by atoms with E-state index >= 15 is 0 Å². The molecule has 1 aromatic carbocycles. The van der Waals surface area contributed by atoms with Crippen LogP contribution in [0.5, 0.6) is 0 Å². The van der Waals surface area contributed by atoms with Gasteiger partial charge in [0.2, 0.25) is 0 Å². The maximum atomic E-state index is 13.3. The molecule has 12 heavy (non-hydrogen) atoms. The van der Waals surface area contributed by atoms with Crippen LogP contribution in [-0.4, -0.2) is 10.4 Å². The first-order valence-corrected chi connectivity index (χ1v) is 4.78. The minimum Gasteiger partial charge on any atom is -0.387 e. The number of halogens is 2. The van der Waals surface area contributed by atoms with E-state index in [4.69, 9.17) is 0 Å². The van der Waals surface area contributed by atoms with Crippen LogP contribution in [0.4, 0.5) is 4.39 Å². The van der Waals surface area contributed by atoms with Crippen molar-refractivity contribution in [3.05, 3.63) is 35.1 Å². The van der Waals surface area contributed by atoms with E-state index in [2.05, 4.69) is 15.9 Å². The highest BCUT2D eigenvalue weighted by Crippen LogP contribution is 2.20. The Labute approximate surface area is 79.4 Å². The summed E-state index contributed by atoms with van der Waals surface area (Å²) in [4.78, 5) is 0. The van der Waals surface area contributed by atoms with E-state index < -0.39 is 6.10 Å². The molecule has 3 heteroatoms. The van der Waals surface area contributed by atoms with Gasteiger partial charge in [-0.25, -0.2) is 4.39 Å². The van der Waals surface area contributed by atoms with Crippen molar-refractivity contribution in [1.29, 1.82) is 0 Å². The molecule has 0 saturated heterocycles. The summed E-state index contributed by atoms with van der Waals surface area (Å²) in [6.45, 7) is 1.68. The lowest BCUT2D eigenvalue weighted by molar-refractivity contribution is 0.200. The van der Waals surface area contributed by atoms with Crippen molar-refractivity contribution in [1.82, 2.24) is 0 Å². The molecule has 0 radical (unpaired) electrons. The normalized spacial score (nSPS) is 13.0. The van der Waals surface area contributed by atoms with Crippen molar-refractivity contribution < 1.29 is 9.50 Å². The van der Waals surface area contributed by atoms with Gasteiger partial charge in [-0.15, -0.1) is 0 Å². The maximum absolute atomic E-state index is 13.3. The van der Waals surface area contributed by atoms with E-state index in [1.807, 2.05) is 0 Å². The minimum atomic E-state index is -0.759. The van der Waals surface area contributed by atoms with Gasteiger partial charge in [0, 0.05) is 10.9 Å². The Hall–Kier alpha value is -0.410. The van der Waals surface area contributed by atoms with Crippen LogP contribution in [0.2, 0.25) is 0 Å². The molecular weight excluding hydrogens is 223 g/mol. The fourth-order valence-electron chi connectivity index (χ4n) is 1.01. The molecule has 0 aliphatic carbocycles. The molecule has 0 heterocycles. The lowest BCUT2D eigenvalue weighted by Gasteiger charge is -2.09. The first-order valence-electron chi connectivity index (χ1n) is 3.66. The van der Waals surface area contributed by atoms with Gasteiger partial charge in [0.05, 0.1) is 6.10 Å². The average Bonchev–Trinajstić information content (AvgIpc) is 2.08. The predicted octanol–water partition coefficient (Wildman–Crippen LogP) is 2.56. The SMILES string of the molecule is Cc1cccc(C(O)CBr)c1F. The molecule has 0 aliphatic rings. The Morgan fingerprint density at radius 2 is 2.25 bits per heavy atom. The molecule has 0 fully saturated rings. The standard InChI is InChI=1S/C9H10BrFO/c1-6-3-2-4-7(9(6)11)8(12)5-10/h2-4,8,12H,5H2,1H3. The molecule has 66 valence electrons. The second kappa shape index (κ2) is 4.01. The third kappa shape index (κ3) is 1.84. The summed E-state index contributed by atoms with van der Waals surface area (Å²) in [6.07, 6.45) is -0.759. The number of aryl methyl sites for hydroxylation is 1. The van der Waals surface area contributed by atoms with Crippen molar-refractivity contribution >= 4 is 15.9 Å². The van der Waals surface area contributed by atoms with Crippen LogP contribution in [0.15, 0.2) is 18.2 Å². The van der Waals surface area contributed by atoms with Gasteiger partial charge in [0.1, 0.15) is 5.82 Å². The van der Waals surface area contributed by atoms with E-state index in [1.165, 1.54) is 0 Å². The number of rotatable bonds is 2. The zero-order valence-electron chi connectivity index (χ0n) is 6.72. The molecule has 1 N–H and O–H groups in total. The van der Waals surface area contributed by atoms with Gasteiger partial charge >= 0.3 is 0 Å². The number of alkyl halides is 1. The Morgan fingerprint density at radius 1 is 1.58 bits per heavy atom. The third-order valence-corrected chi connectivity index (χ3v) is 2.34. The Kier molecular flexibility index (Phi) is 3.23. The van der Waals surface area contributed by atoms with E-state index in [9.17, 15) is 9.50 Å². The fraction of sp³-hybridized carbons (Fsp3) is 0.333. The molecule has 0 bridgehead atoms. The van der Waals surface area contributed by atoms with Gasteiger partial charge in [-0.1, -0.05) is 34.1 Å². The van der Waals surface area contributed by atoms with Crippen LogP contribution in [0, 0.1) is 12.7 Å². The van der Waals surface area contributed by atoms with Crippen molar-refractivity contribution in [3.63, 3.8) is 0 Å². The first-order chi connectivity index (χ1) is 5.66. The zero-order chi connectivity index (χ0) is 9.14. The Balaban J connectivity index is 3.07. The molecule has 1 unspecified atom stereocenters. The largest absolute Gasteiger partial charge is 0.387 e. The number of hydrogen-bond acceptors (Lipinski definition) is 1. The topological polar surface area (TPSA) is 20.2 Å². The highest BCUT2D eigenvalue weighted by Gasteiger charge is 2.11. The fourth-order valence-corrected chi connectivity index (χ4v) is 1.36. The summed E-state index contributed by atoms with van der Waals surface area (Å²) in [6, 6.07) is 5.01. The van der Waals surface area contributed by atoms with Crippen LogP contribution in [0.25, 0.3) is 0 Å². The van der Waals surface area contributed by atoms with Crippen LogP contribution in [-0.2, 0) is 0 Å². The van der Waals surface area contributed by atoms with Gasteiger partial charge in [-0.05, 0) is 12.5 Å². The molecule has 0 spiro atoms. The first kappa shape index (κ1) is 9.68. The lowest BCUT2D eigenvalue weighted by Crippen LogP contribution is -2.02. The predicted molar refractivity (Wildman–Crippen MR) is 49.9 cm³/mol. The number of aliphatic hydroxyl groups is 1. The number of benzene rings is 1. The molecule has 1 rings (SSSR count). The Morgan fingerprint density at radius 3 is 2.83 bits per heavy atom. The molecule has 0 aromatic heterocycles. The quantitative estimate of drug-likeness (QED) is 0.778. The van der Waals surface area contributed by atoms with Crippen LogP contribution in [0.3, 0.4) is 0 Å². The maximum Gasteiger partial charge on any atom is 0.131 e. The molecule has 0 amide bonds. The van der Waals surface area contributed by atoms with E-state index in [0.29, 0.717) is 16.5 Å². The highest BCUT2D eigenvalue weighted by molar-refractivity contribution is 9.09. The smallest absolute Gasteiger partial charge is 0.131 e. The second-order valence-corrected chi connectivity index (χ2v) is 3.30. The summed E-state index contributed by atoms with van der Waals surface area (Å²) in [5, 5.41) is 9.70. The van der Waals surface area contributed by atoms with Gasteiger partial charge in [-0.2, -0.15) is 0 Å². The molecule has 0 aliphatic heterocycles. The van der Waals surface area contributed by atoms with Crippen molar-refractivity contribution in [2.24, 2.45) is 0 Å². The highest BCUT2D eigenvalue weighted by atomic mass is 79.9. The lowest BCUT2D eigenvalue weighted by atomic mass is 10.1. The molecule has 1 aromatic rings. The molecule has 0 saturated carbocycles. The van der Waals surface area contributed by atoms with Crippen molar-refractivity contribution in [2.45, 2.75) is 13.0 Å². The third-order valence-electron chi connectivity index (χ3n) is 1.73. The molecule has 1 atom stereocenters. The number of hydrogen-bond donors (Lipinski definition) is 1. The van der Waals surface area contributed by atoms with Gasteiger partial charge in [-0.3, -0.25) is 0 Å². The number of aliphatic hydroxyl groups excluding tert-OH is 1. The van der Waals surface area contributed by atoms with Gasteiger partial charge < -0.3 is 5.11 Å². The Bertz CT molecular complexity index is 275. The zero-order valence-corrected chi connectivity index (χ0v) is 8.31. The summed E-state index contributed by atoms with van der Waals surface area (Å²) in [7, 11) is 0. The van der Waals surface area contributed by atoms with Crippen molar-refractivity contribution in [3.8, 4) is 0 Å². The van der Waals surface area contributed by atoms with Crippen LogP contribution >= 0.6 is 15.9 Å². The monoisotopic (exact) mass is 232 g/mol. The summed E-state index contributed by atoms with van der Waals surface area (Å²) >= 11 is 3.09. The summed E-state index contributed by atoms with van der Waals surface area (Å²) in [5.74, 6) is -0.315. The summed E-state index contributed by atoms with van der Waals surface area (Å²) < 4.78 is 13.3. The van der Waals surface area contributed by atoms with Gasteiger partial charge in [0.15, 0.2) is 0 Å².